The van der Waals surface area contributed by atoms with Gasteiger partial charge in [0.2, 0.25) is 5.91 Å². The minimum absolute atomic E-state index is 0.0726. The number of benzene rings is 1. The average molecular weight is 384 g/mol. The molecule has 7 heteroatoms. The highest BCUT2D eigenvalue weighted by Gasteiger charge is 2.20. The fourth-order valence-corrected chi connectivity index (χ4v) is 2.79. The maximum Gasteiger partial charge on any atom is 0.274 e. The topological polar surface area (TPSA) is 84.3 Å². The lowest BCUT2D eigenvalue weighted by molar-refractivity contribution is -0.116. The highest BCUT2D eigenvalue weighted by Crippen LogP contribution is 2.13. The van der Waals surface area contributed by atoms with Gasteiger partial charge in [-0.25, -0.2) is 4.68 Å². The highest BCUT2D eigenvalue weighted by atomic mass is 16.2. The van der Waals surface area contributed by atoms with Gasteiger partial charge >= 0.3 is 0 Å². The zero-order valence-electron chi connectivity index (χ0n) is 16.8. The summed E-state index contributed by atoms with van der Waals surface area (Å²) in [6, 6.07) is 10.3. The van der Waals surface area contributed by atoms with Crippen molar-refractivity contribution in [2.45, 2.75) is 46.6 Å². The number of carbonyl (C=O) groups excluding carboxylic acids is 2. The van der Waals surface area contributed by atoms with E-state index in [1.54, 1.807) is 0 Å². The molecule has 7 nitrogen and oxygen atoms in total. The van der Waals surface area contributed by atoms with Gasteiger partial charge in [-0.15, -0.1) is 0 Å². The smallest absolute Gasteiger partial charge is 0.274 e. The Labute approximate surface area is 165 Å². The molecule has 0 fully saturated rings. The van der Waals surface area contributed by atoms with Crippen molar-refractivity contribution in [2.24, 2.45) is 0 Å². The Morgan fingerprint density at radius 2 is 1.86 bits per heavy atom. The number of aryl methyl sites for hydroxylation is 2. The van der Waals surface area contributed by atoms with Gasteiger partial charge in [0.25, 0.3) is 11.5 Å². The van der Waals surface area contributed by atoms with E-state index in [2.05, 4.69) is 10.4 Å². The molecule has 0 saturated carbocycles. The van der Waals surface area contributed by atoms with Crippen LogP contribution in [-0.4, -0.2) is 39.6 Å². The summed E-state index contributed by atoms with van der Waals surface area (Å²) in [7, 11) is 0. The zero-order chi connectivity index (χ0) is 20.5. The Morgan fingerprint density at radius 3 is 2.54 bits per heavy atom. The van der Waals surface area contributed by atoms with E-state index in [4.69, 9.17) is 0 Å². The number of unbranched alkanes of at least 4 members (excludes halogenated alkanes) is 1. The number of para-hydroxylation sites is 1. The van der Waals surface area contributed by atoms with Gasteiger partial charge in [0, 0.05) is 24.8 Å². The molecule has 1 heterocycles. The van der Waals surface area contributed by atoms with E-state index in [1.165, 1.54) is 21.7 Å². The average Bonchev–Trinajstić information content (AvgIpc) is 2.68. The number of nitrogens with one attached hydrogen (secondary N) is 1. The Kier molecular flexibility index (Phi) is 7.92. The van der Waals surface area contributed by atoms with Crippen molar-refractivity contribution in [1.82, 2.24) is 14.7 Å². The maximum atomic E-state index is 12.9. The molecule has 0 radical (unpaired) electrons. The van der Waals surface area contributed by atoms with E-state index >= 15 is 0 Å². The summed E-state index contributed by atoms with van der Waals surface area (Å²) >= 11 is 0. The van der Waals surface area contributed by atoms with Gasteiger partial charge in [-0.05, 0) is 37.5 Å². The molecular weight excluding hydrogens is 356 g/mol. The molecule has 0 aliphatic carbocycles. The third-order valence-corrected chi connectivity index (χ3v) is 4.34. The van der Waals surface area contributed by atoms with E-state index in [0.29, 0.717) is 19.5 Å². The van der Waals surface area contributed by atoms with Crippen molar-refractivity contribution in [3.63, 3.8) is 0 Å². The van der Waals surface area contributed by atoms with Crippen LogP contribution in [0.5, 0.6) is 0 Å². The quantitative estimate of drug-likeness (QED) is 0.720. The van der Waals surface area contributed by atoms with Crippen LogP contribution in [0.25, 0.3) is 0 Å². The van der Waals surface area contributed by atoms with Crippen molar-refractivity contribution in [2.75, 3.05) is 18.4 Å². The molecule has 0 spiro atoms. The number of nitrogens with zero attached hydrogens (tertiary/aromatic N) is 3. The summed E-state index contributed by atoms with van der Waals surface area (Å²) < 4.78 is 1.31. The van der Waals surface area contributed by atoms with Crippen LogP contribution < -0.4 is 10.9 Å². The van der Waals surface area contributed by atoms with Crippen LogP contribution in [0.3, 0.4) is 0 Å². The molecule has 0 unspecified atom stereocenters. The fourth-order valence-electron chi connectivity index (χ4n) is 2.79. The third-order valence-electron chi connectivity index (χ3n) is 4.34. The van der Waals surface area contributed by atoms with Gasteiger partial charge in [0.05, 0.1) is 0 Å². The monoisotopic (exact) mass is 384 g/mol. The Bertz CT molecular complexity index is 876. The van der Waals surface area contributed by atoms with Crippen molar-refractivity contribution >= 4 is 17.5 Å². The lowest BCUT2D eigenvalue weighted by atomic mass is 10.2. The van der Waals surface area contributed by atoms with E-state index in [-0.39, 0.29) is 29.6 Å². The number of carbonyl (C=O) groups is 2. The first-order valence-corrected chi connectivity index (χ1v) is 9.69. The molecule has 0 saturated heterocycles. The highest BCUT2D eigenvalue weighted by molar-refractivity contribution is 5.98. The molecule has 1 N–H and O–H groups in total. The Balaban J connectivity index is 2.14. The van der Waals surface area contributed by atoms with Gasteiger partial charge in [-0.3, -0.25) is 14.4 Å². The van der Waals surface area contributed by atoms with E-state index in [1.807, 2.05) is 45.0 Å². The molecule has 150 valence electrons. The Hall–Kier alpha value is -2.96. The minimum Gasteiger partial charge on any atom is -0.328 e. The molecule has 2 aromatic rings. The lowest BCUT2D eigenvalue weighted by Crippen LogP contribution is -2.40. The number of aromatic nitrogens is 2. The summed E-state index contributed by atoms with van der Waals surface area (Å²) in [5.74, 6) is -0.623. The summed E-state index contributed by atoms with van der Waals surface area (Å²) in [6.45, 7) is 6.70. The first kappa shape index (κ1) is 21.3. The molecule has 28 heavy (non-hydrogen) atoms. The molecule has 2 amide bonds. The van der Waals surface area contributed by atoms with Crippen molar-refractivity contribution in [3.8, 4) is 0 Å². The van der Waals surface area contributed by atoms with Gasteiger partial charge in [0.1, 0.15) is 12.2 Å². The zero-order valence-corrected chi connectivity index (χ0v) is 16.8. The predicted octanol–water partition coefficient (Wildman–Crippen LogP) is 2.84. The Morgan fingerprint density at radius 1 is 1.11 bits per heavy atom. The van der Waals surface area contributed by atoms with Crippen LogP contribution in [0.15, 0.2) is 41.2 Å². The standard InChI is InChI=1S/C21H28N4O3/c1-4-6-14-25-20(27)12-11-18(23-25)21(28)24(13-5-2)15-19(26)22-17-10-8-7-9-16(17)3/h7-12H,4-6,13-15H2,1-3H3,(H,22,26). The van der Waals surface area contributed by atoms with Gasteiger partial charge in [-0.1, -0.05) is 38.5 Å². The lowest BCUT2D eigenvalue weighted by Gasteiger charge is -2.21. The summed E-state index contributed by atoms with van der Waals surface area (Å²) in [5, 5.41) is 7.04. The number of anilines is 1. The van der Waals surface area contributed by atoms with Gasteiger partial charge in [-0.2, -0.15) is 5.10 Å². The fraction of sp³-hybridized carbons (Fsp3) is 0.429. The number of hydrogen-bond acceptors (Lipinski definition) is 4. The molecule has 1 aromatic carbocycles. The summed E-state index contributed by atoms with van der Waals surface area (Å²) in [4.78, 5) is 38.7. The number of rotatable bonds is 9. The second-order valence-electron chi connectivity index (χ2n) is 6.72. The van der Waals surface area contributed by atoms with Crippen LogP contribution in [0.4, 0.5) is 5.69 Å². The normalized spacial score (nSPS) is 10.5. The van der Waals surface area contributed by atoms with Gasteiger partial charge in [0.15, 0.2) is 0 Å². The van der Waals surface area contributed by atoms with Gasteiger partial charge < -0.3 is 10.2 Å². The summed E-state index contributed by atoms with van der Waals surface area (Å²) in [5.41, 5.74) is 1.62. The van der Waals surface area contributed by atoms with E-state index < -0.39 is 0 Å². The van der Waals surface area contributed by atoms with Crippen molar-refractivity contribution < 1.29 is 9.59 Å². The summed E-state index contributed by atoms with van der Waals surface area (Å²) in [6.07, 6.45) is 2.44. The van der Waals surface area contributed by atoms with Crippen LogP contribution in [0.2, 0.25) is 0 Å². The van der Waals surface area contributed by atoms with Crippen molar-refractivity contribution in [1.29, 1.82) is 0 Å². The maximum absolute atomic E-state index is 12.9. The molecule has 0 bridgehead atoms. The number of hydrogen-bond donors (Lipinski definition) is 1. The second kappa shape index (κ2) is 10.4. The molecule has 1 aromatic heterocycles. The van der Waals surface area contributed by atoms with Crippen LogP contribution >= 0.6 is 0 Å². The molecule has 2 rings (SSSR count). The molecular formula is C21H28N4O3. The first-order valence-electron chi connectivity index (χ1n) is 9.69. The van der Waals surface area contributed by atoms with Crippen LogP contribution in [0, 0.1) is 6.92 Å². The SMILES string of the molecule is CCCCn1nc(C(=O)N(CCC)CC(=O)Nc2ccccc2C)ccc1=O. The predicted molar refractivity (Wildman–Crippen MR) is 109 cm³/mol. The molecule has 0 aliphatic heterocycles. The largest absolute Gasteiger partial charge is 0.328 e. The van der Waals surface area contributed by atoms with Crippen LogP contribution in [0.1, 0.15) is 49.2 Å². The van der Waals surface area contributed by atoms with Crippen LogP contribution in [-0.2, 0) is 11.3 Å². The van der Waals surface area contributed by atoms with Crippen molar-refractivity contribution in [3.05, 3.63) is 58.0 Å². The molecule has 0 atom stereocenters. The minimum atomic E-state index is -0.355. The first-order chi connectivity index (χ1) is 13.5. The third kappa shape index (κ3) is 5.77. The second-order valence-corrected chi connectivity index (χ2v) is 6.72. The molecule has 0 aliphatic rings. The number of amides is 2. The van der Waals surface area contributed by atoms with E-state index in [0.717, 1.165) is 24.1 Å². The van der Waals surface area contributed by atoms with E-state index in [9.17, 15) is 14.4 Å².